The summed E-state index contributed by atoms with van der Waals surface area (Å²) in [5.41, 5.74) is 0.406. The number of carbonyl (C=O) groups is 1. The van der Waals surface area contributed by atoms with E-state index in [1.54, 1.807) is 30.3 Å². The number of carbonyl (C=O) groups excluding carboxylic acids is 1. The number of amides is 1. The lowest BCUT2D eigenvalue weighted by Crippen LogP contribution is -2.12. The van der Waals surface area contributed by atoms with Crippen LogP contribution in [-0.4, -0.2) is 16.0 Å². The molecule has 3 rings (SSSR count). The van der Waals surface area contributed by atoms with Gasteiger partial charge in [0.1, 0.15) is 11.5 Å². The lowest BCUT2D eigenvalue weighted by Gasteiger charge is -2.08. The van der Waals surface area contributed by atoms with Crippen molar-refractivity contribution in [3.05, 3.63) is 78.5 Å². The molecule has 114 valence electrons. The van der Waals surface area contributed by atoms with Crippen LogP contribution in [0.5, 0.6) is 17.2 Å². The Hall–Kier alpha value is -3.34. The minimum absolute atomic E-state index is 0.0856. The standard InChI is InChI=1S/C18H14N2O3/c21-16-10-5-11-19-17(16)20-18(22)13-6-4-9-15(12-13)23-14-7-2-1-3-8-14/h1-12,21H,(H,19,20,22). The summed E-state index contributed by atoms with van der Waals surface area (Å²) in [6.07, 6.45) is 1.49. The van der Waals surface area contributed by atoms with Gasteiger partial charge in [0, 0.05) is 11.8 Å². The average Bonchev–Trinajstić information content (AvgIpc) is 2.58. The van der Waals surface area contributed by atoms with Crippen LogP contribution in [0.25, 0.3) is 0 Å². The van der Waals surface area contributed by atoms with Crippen LogP contribution in [0, 0.1) is 0 Å². The molecule has 5 nitrogen and oxygen atoms in total. The van der Waals surface area contributed by atoms with Crippen LogP contribution in [0.4, 0.5) is 5.82 Å². The van der Waals surface area contributed by atoms with E-state index in [4.69, 9.17) is 4.74 Å². The monoisotopic (exact) mass is 306 g/mol. The topological polar surface area (TPSA) is 71.5 Å². The Balaban J connectivity index is 1.77. The van der Waals surface area contributed by atoms with Crippen molar-refractivity contribution in [1.82, 2.24) is 4.98 Å². The van der Waals surface area contributed by atoms with Crippen LogP contribution < -0.4 is 10.1 Å². The van der Waals surface area contributed by atoms with Crippen molar-refractivity contribution in [3.63, 3.8) is 0 Å². The number of hydrogen-bond acceptors (Lipinski definition) is 4. The van der Waals surface area contributed by atoms with E-state index in [2.05, 4.69) is 10.3 Å². The molecule has 0 aliphatic carbocycles. The third kappa shape index (κ3) is 3.65. The van der Waals surface area contributed by atoms with E-state index in [9.17, 15) is 9.90 Å². The van der Waals surface area contributed by atoms with E-state index < -0.39 is 0 Å². The quantitative estimate of drug-likeness (QED) is 0.768. The van der Waals surface area contributed by atoms with Crippen LogP contribution in [0.3, 0.4) is 0 Å². The molecule has 0 atom stereocenters. The Morgan fingerprint density at radius 2 is 1.74 bits per heavy atom. The van der Waals surface area contributed by atoms with Crippen molar-refractivity contribution in [1.29, 1.82) is 0 Å². The lowest BCUT2D eigenvalue weighted by atomic mass is 10.2. The molecule has 0 radical (unpaired) electrons. The number of aromatic hydroxyl groups is 1. The number of para-hydroxylation sites is 1. The normalized spacial score (nSPS) is 10.1. The summed E-state index contributed by atoms with van der Waals surface area (Å²) < 4.78 is 5.70. The summed E-state index contributed by atoms with van der Waals surface area (Å²) in [7, 11) is 0. The molecule has 0 fully saturated rings. The first kappa shape index (κ1) is 14.6. The highest BCUT2D eigenvalue weighted by atomic mass is 16.5. The number of anilines is 1. The number of ether oxygens (including phenoxy) is 1. The van der Waals surface area contributed by atoms with Crippen molar-refractivity contribution in [2.24, 2.45) is 0 Å². The molecule has 0 spiro atoms. The Bertz CT molecular complexity index is 819. The van der Waals surface area contributed by atoms with Crippen molar-refractivity contribution in [2.75, 3.05) is 5.32 Å². The second-order valence-corrected chi connectivity index (χ2v) is 4.77. The molecule has 0 unspecified atom stereocenters. The summed E-state index contributed by atoms with van der Waals surface area (Å²) in [6.45, 7) is 0. The first-order valence-electron chi connectivity index (χ1n) is 7.01. The fourth-order valence-electron chi connectivity index (χ4n) is 2.00. The van der Waals surface area contributed by atoms with Crippen LogP contribution in [-0.2, 0) is 0 Å². The smallest absolute Gasteiger partial charge is 0.257 e. The van der Waals surface area contributed by atoms with Crippen LogP contribution in [0.2, 0.25) is 0 Å². The molecule has 23 heavy (non-hydrogen) atoms. The van der Waals surface area contributed by atoms with Gasteiger partial charge in [-0.2, -0.15) is 0 Å². The number of nitrogens with one attached hydrogen (secondary N) is 1. The van der Waals surface area contributed by atoms with Crippen LogP contribution in [0.15, 0.2) is 72.9 Å². The Kier molecular flexibility index (Phi) is 4.20. The summed E-state index contributed by atoms with van der Waals surface area (Å²) in [6, 6.07) is 19.1. The van der Waals surface area contributed by atoms with Gasteiger partial charge in [-0.3, -0.25) is 4.79 Å². The summed E-state index contributed by atoms with van der Waals surface area (Å²) >= 11 is 0. The van der Waals surface area contributed by atoms with E-state index in [1.807, 2.05) is 30.3 Å². The van der Waals surface area contributed by atoms with Gasteiger partial charge in [0.2, 0.25) is 0 Å². The van der Waals surface area contributed by atoms with Gasteiger partial charge in [-0.05, 0) is 42.5 Å². The maximum absolute atomic E-state index is 12.3. The Morgan fingerprint density at radius 1 is 0.957 bits per heavy atom. The molecule has 2 N–H and O–H groups in total. The molecule has 0 aliphatic heterocycles. The summed E-state index contributed by atoms with van der Waals surface area (Å²) in [4.78, 5) is 16.2. The summed E-state index contributed by atoms with van der Waals surface area (Å²) in [5.74, 6) is 0.892. The highest BCUT2D eigenvalue weighted by Gasteiger charge is 2.10. The van der Waals surface area contributed by atoms with Crippen molar-refractivity contribution in [2.45, 2.75) is 0 Å². The average molecular weight is 306 g/mol. The fraction of sp³-hybridized carbons (Fsp3) is 0. The molecular formula is C18H14N2O3. The van der Waals surface area contributed by atoms with E-state index in [-0.39, 0.29) is 17.5 Å². The summed E-state index contributed by atoms with van der Waals surface area (Å²) in [5, 5.41) is 12.2. The number of rotatable bonds is 4. The second-order valence-electron chi connectivity index (χ2n) is 4.77. The molecule has 0 saturated heterocycles. The maximum Gasteiger partial charge on any atom is 0.257 e. The van der Waals surface area contributed by atoms with Gasteiger partial charge in [0.25, 0.3) is 5.91 Å². The van der Waals surface area contributed by atoms with Gasteiger partial charge < -0.3 is 15.2 Å². The van der Waals surface area contributed by atoms with Gasteiger partial charge in [0.05, 0.1) is 0 Å². The molecule has 2 aromatic carbocycles. The van der Waals surface area contributed by atoms with Crippen molar-refractivity contribution >= 4 is 11.7 Å². The van der Waals surface area contributed by atoms with E-state index in [0.29, 0.717) is 17.1 Å². The highest BCUT2D eigenvalue weighted by Crippen LogP contribution is 2.23. The molecular weight excluding hydrogens is 292 g/mol. The largest absolute Gasteiger partial charge is 0.504 e. The molecule has 1 heterocycles. The molecule has 1 amide bonds. The van der Waals surface area contributed by atoms with E-state index in [0.717, 1.165) is 0 Å². The predicted octanol–water partition coefficient (Wildman–Crippen LogP) is 3.83. The number of nitrogens with zero attached hydrogens (tertiary/aromatic N) is 1. The highest BCUT2D eigenvalue weighted by molar-refractivity contribution is 6.04. The van der Waals surface area contributed by atoms with Gasteiger partial charge in [0.15, 0.2) is 11.6 Å². The van der Waals surface area contributed by atoms with Crippen molar-refractivity contribution < 1.29 is 14.6 Å². The molecule has 0 saturated carbocycles. The molecule has 0 bridgehead atoms. The number of benzene rings is 2. The number of aromatic nitrogens is 1. The third-order valence-electron chi connectivity index (χ3n) is 3.09. The van der Waals surface area contributed by atoms with Gasteiger partial charge in [-0.15, -0.1) is 0 Å². The van der Waals surface area contributed by atoms with Crippen LogP contribution in [0.1, 0.15) is 10.4 Å². The van der Waals surface area contributed by atoms with Gasteiger partial charge in [-0.25, -0.2) is 4.98 Å². The SMILES string of the molecule is O=C(Nc1ncccc1O)c1cccc(Oc2ccccc2)c1. The second kappa shape index (κ2) is 6.62. The first-order chi connectivity index (χ1) is 11.2. The van der Waals surface area contributed by atoms with E-state index >= 15 is 0 Å². The fourth-order valence-corrected chi connectivity index (χ4v) is 2.00. The third-order valence-corrected chi connectivity index (χ3v) is 3.09. The minimum Gasteiger partial charge on any atom is -0.504 e. The van der Waals surface area contributed by atoms with Gasteiger partial charge >= 0.3 is 0 Å². The maximum atomic E-state index is 12.3. The molecule has 1 aromatic heterocycles. The number of hydrogen-bond donors (Lipinski definition) is 2. The lowest BCUT2D eigenvalue weighted by molar-refractivity contribution is 0.102. The number of pyridine rings is 1. The molecule has 3 aromatic rings. The van der Waals surface area contributed by atoms with Crippen molar-refractivity contribution in [3.8, 4) is 17.2 Å². The Morgan fingerprint density at radius 3 is 2.52 bits per heavy atom. The minimum atomic E-state index is -0.377. The zero-order valence-corrected chi connectivity index (χ0v) is 12.1. The van der Waals surface area contributed by atoms with Crippen LogP contribution >= 0.6 is 0 Å². The first-order valence-corrected chi connectivity index (χ1v) is 7.01. The molecule has 5 heteroatoms. The zero-order chi connectivity index (χ0) is 16.1. The Labute approximate surface area is 133 Å². The van der Waals surface area contributed by atoms with E-state index in [1.165, 1.54) is 12.3 Å². The zero-order valence-electron chi connectivity index (χ0n) is 12.1. The van der Waals surface area contributed by atoms with Gasteiger partial charge in [-0.1, -0.05) is 24.3 Å². The predicted molar refractivity (Wildman–Crippen MR) is 86.8 cm³/mol. The molecule has 0 aliphatic rings.